The Hall–Kier alpha value is -3.88. The molecule has 1 amide bonds. The van der Waals surface area contributed by atoms with E-state index in [9.17, 15) is 9.59 Å². The molecule has 0 saturated carbocycles. The van der Waals surface area contributed by atoms with Gasteiger partial charge in [-0.3, -0.25) is 4.90 Å². The van der Waals surface area contributed by atoms with E-state index in [2.05, 4.69) is 0 Å². The van der Waals surface area contributed by atoms with Crippen LogP contribution in [0.4, 0.5) is 4.79 Å². The fourth-order valence-electron chi connectivity index (χ4n) is 7.21. The zero-order chi connectivity index (χ0) is 35.5. The highest BCUT2D eigenvalue weighted by Gasteiger charge is 2.61. The standard InChI is InChI=1S/C39H45NO11/c1-24-28(23-44-21-26-16-10-6-11-17-26)46-36(29-30(24)49-38(42)40(29)20-25-14-8-5-9-15-25)47-32-31(45-22-27-18-12-7-13-19-27)34-37(51-39(2,3)50-34)48-33(32)35(41)43-4/h5-19,24,28-34,36-37H,20-23H2,1-4H3/t24-,28?,29?,30+,31-,32+,33?,34?,36-,37-/m1/s1. The minimum Gasteiger partial charge on any atom is -0.467 e. The van der Waals surface area contributed by atoms with Gasteiger partial charge in [0.05, 0.1) is 33.0 Å². The molecule has 7 rings (SSSR count). The Balaban J connectivity index is 1.21. The molecule has 4 fully saturated rings. The smallest absolute Gasteiger partial charge is 0.410 e. The van der Waals surface area contributed by atoms with Crippen molar-refractivity contribution >= 4 is 12.1 Å². The van der Waals surface area contributed by atoms with Gasteiger partial charge >= 0.3 is 12.1 Å². The van der Waals surface area contributed by atoms with E-state index in [1.165, 1.54) is 7.11 Å². The van der Waals surface area contributed by atoms with Crippen LogP contribution < -0.4 is 0 Å². The fraction of sp³-hybridized carbons (Fsp3) is 0.487. The SMILES string of the molecule is COC(=O)C1O[C@@H]2OC(C)(C)OC2[C@H](OCc2ccccc2)[C@@H]1O[C@H]1OC(COCc2ccccc2)[C@@H](C)[C@@H]2OC(=O)N(Cc3ccccc3)C12. The van der Waals surface area contributed by atoms with E-state index in [1.54, 1.807) is 18.7 Å². The maximum Gasteiger partial charge on any atom is 0.410 e. The Labute approximate surface area is 297 Å². The molecule has 12 nitrogen and oxygen atoms in total. The topological polar surface area (TPSA) is 120 Å². The summed E-state index contributed by atoms with van der Waals surface area (Å²) in [6, 6.07) is 28.5. The van der Waals surface area contributed by atoms with Crippen molar-refractivity contribution in [1.82, 2.24) is 4.90 Å². The van der Waals surface area contributed by atoms with E-state index in [-0.39, 0.29) is 25.7 Å². The van der Waals surface area contributed by atoms with Gasteiger partial charge in [0.15, 0.2) is 24.5 Å². The molecule has 4 saturated heterocycles. The van der Waals surface area contributed by atoms with Crippen molar-refractivity contribution in [3.05, 3.63) is 108 Å². The number of benzene rings is 3. The maximum absolute atomic E-state index is 13.6. The molecule has 0 radical (unpaired) electrons. The first-order chi connectivity index (χ1) is 24.7. The molecule has 4 aliphatic heterocycles. The van der Waals surface area contributed by atoms with Gasteiger partial charge in [0.2, 0.25) is 0 Å². The summed E-state index contributed by atoms with van der Waals surface area (Å²) in [4.78, 5) is 28.7. The average Bonchev–Trinajstić information content (AvgIpc) is 3.64. The fourth-order valence-corrected chi connectivity index (χ4v) is 7.21. The molecule has 12 heteroatoms. The summed E-state index contributed by atoms with van der Waals surface area (Å²) in [5, 5.41) is 0. The van der Waals surface area contributed by atoms with E-state index >= 15 is 0 Å². The van der Waals surface area contributed by atoms with Crippen LogP contribution >= 0.6 is 0 Å². The van der Waals surface area contributed by atoms with Crippen molar-refractivity contribution in [3.63, 3.8) is 0 Å². The van der Waals surface area contributed by atoms with Gasteiger partial charge in [-0.15, -0.1) is 0 Å². The molecule has 0 spiro atoms. The molecule has 4 unspecified atom stereocenters. The lowest BCUT2D eigenvalue weighted by atomic mass is 9.88. The molecule has 4 heterocycles. The predicted octanol–water partition coefficient (Wildman–Crippen LogP) is 4.97. The zero-order valence-corrected chi connectivity index (χ0v) is 29.2. The van der Waals surface area contributed by atoms with Crippen LogP contribution in [0, 0.1) is 5.92 Å². The second-order valence-corrected chi connectivity index (χ2v) is 13.8. The van der Waals surface area contributed by atoms with Gasteiger partial charge in [0.25, 0.3) is 0 Å². The van der Waals surface area contributed by atoms with Crippen molar-refractivity contribution in [1.29, 1.82) is 0 Å². The molecule has 3 aromatic rings. The highest BCUT2D eigenvalue weighted by molar-refractivity contribution is 5.75. The first-order valence-electron chi connectivity index (χ1n) is 17.4. The Morgan fingerprint density at radius 1 is 0.804 bits per heavy atom. The Bertz CT molecular complexity index is 1610. The summed E-state index contributed by atoms with van der Waals surface area (Å²) >= 11 is 0. The Morgan fingerprint density at radius 2 is 1.43 bits per heavy atom. The molecule has 0 aliphatic carbocycles. The lowest BCUT2D eigenvalue weighted by Gasteiger charge is -2.47. The second kappa shape index (κ2) is 15.4. The van der Waals surface area contributed by atoms with E-state index < -0.39 is 73.1 Å². The zero-order valence-electron chi connectivity index (χ0n) is 29.2. The number of carbonyl (C=O) groups is 2. The summed E-state index contributed by atoms with van der Waals surface area (Å²) in [6.45, 7) is 6.55. The molecular formula is C39H45NO11. The Morgan fingerprint density at radius 3 is 2.08 bits per heavy atom. The van der Waals surface area contributed by atoms with Gasteiger partial charge in [-0.2, -0.15) is 0 Å². The van der Waals surface area contributed by atoms with Crippen LogP contribution in [0.3, 0.4) is 0 Å². The molecule has 4 aliphatic rings. The van der Waals surface area contributed by atoms with Gasteiger partial charge in [0.1, 0.15) is 30.5 Å². The van der Waals surface area contributed by atoms with Crippen molar-refractivity contribution in [2.45, 2.75) is 102 Å². The molecule has 272 valence electrons. The van der Waals surface area contributed by atoms with E-state index in [0.29, 0.717) is 6.61 Å². The summed E-state index contributed by atoms with van der Waals surface area (Å²) in [5.41, 5.74) is 2.84. The third-order valence-corrected chi connectivity index (χ3v) is 9.77. The highest BCUT2D eigenvalue weighted by Crippen LogP contribution is 2.43. The van der Waals surface area contributed by atoms with Crippen molar-refractivity contribution < 1.29 is 52.2 Å². The molecule has 51 heavy (non-hydrogen) atoms. The second-order valence-electron chi connectivity index (χ2n) is 13.8. The highest BCUT2D eigenvalue weighted by atomic mass is 16.8. The minimum atomic E-state index is -1.27. The van der Waals surface area contributed by atoms with Crippen LogP contribution in [0.5, 0.6) is 0 Å². The molecule has 0 bridgehead atoms. The largest absolute Gasteiger partial charge is 0.467 e. The predicted molar refractivity (Wildman–Crippen MR) is 181 cm³/mol. The van der Waals surface area contributed by atoms with Gasteiger partial charge < -0.3 is 42.6 Å². The average molecular weight is 704 g/mol. The number of fused-ring (bicyclic) bond motifs is 2. The molecule has 3 aromatic carbocycles. The number of ether oxygens (including phenoxy) is 9. The number of esters is 1. The number of hydrogen-bond donors (Lipinski definition) is 0. The number of methoxy groups -OCH3 is 1. The monoisotopic (exact) mass is 703 g/mol. The molecular weight excluding hydrogens is 658 g/mol. The first kappa shape index (κ1) is 35.5. The maximum atomic E-state index is 13.6. The van der Waals surface area contributed by atoms with Gasteiger partial charge in [0, 0.05) is 12.5 Å². The summed E-state index contributed by atoms with van der Waals surface area (Å²) in [6.07, 6.45) is -7.64. The summed E-state index contributed by atoms with van der Waals surface area (Å²) in [7, 11) is 1.28. The number of hydrogen-bond acceptors (Lipinski definition) is 11. The third kappa shape index (κ3) is 7.82. The van der Waals surface area contributed by atoms with Crippen LogP contribution in [0.1, 0.15) is 37.5 Å². The van der Waals surface area contributed by atoms with Crippen molar-refractivity contribution in [2.24, 2.45) is 5.92 Å². The van der Waals surface area contributed by atoms with Crippen molar-refractivity contribution in [2.75, 3.05) is 13.7 Å². The van der Waals surface area contributed by atoms with Crippen LogP contribution in [0.15, 0.2) is 91.0 Å². The molecule has 0 N–H and O–H groups in total. The van der Waals surface area contributed by atoms with Gasteiger partial charge in [-0.05, 0) is 30.5 Å². The first-order valence-corrected chi connectivity index (χ1v) is 17.4. The van der Waals surface area contributed by atoms with Crippen LogP contribution in [0.2, 0.25) is 0 Å². The van der Waals surface area contributed by atoms with Gasteiger partial charge in [-0.1, -0.05) is 97.9 Å². The quantitative estimate of drug-likeness (QED) is 0.238. The number of amides is 1. The molecule has 0 aromatic heterocycles. The summed E-state index contributed by atoms with van der Waals surface area (Å²) < 4.78 is 56.2. The van der Waals surface area contributed by atoms with Crippen molar-refractivity contribution in [3.8, 4) is 0 Å². The van der Waals surface area contributed by atoms with E-state index in [4.69, 9.17) is 42.6 Å². The van der Waals surface area contributed by atoms with Gasteiger partial charge in [-0.25, -0.2) is 9.59 Å². The number of rotatable bonds is 12. The Kier molecular flexibility index (Phi) is 10.7. The van der Waals surface area contributed by atoms with Crippen LogP contribution in [0.25, 0.3) is 0 Å². The normalized spacial score (nSPS) is 32.5. The van der Waals surface area contributed by atoms with Crippen LogP contribution in [-0.2, 0) is 67.2 Å². The molecule has 10 atom stereocenters. The van der Waals surface area contributed by atoms with Crippen LogP contribution in [-0.4, -0.2) is 91.7 Å². The summed E-state index contributed by atoms with van der Waals surface area (Å²) in [5.74, 6) is -1.96. The van der Waals surface area contributed by atoms with E-state index in [0.717, 1.165) is 16.7 Å². The number of nitrogens with zero attached hydrogens (tertiary/aromatic N) is 1. The van der Waals surface area contributed by atoms with E-state index in [1.807, 2.05) is 97.9 Å². The minimum absolute atomic E-state index is 0.193. The number of carbonyl (C=O) groups excluding carboxylic acids is 2. The third-order valence-electron chi connectivity index (χ3n) is 9.77. The lowest BCUT2D eigenvalue weighted by molar-refractivity contribution is -0.324. The lowest BCUT2D eigenvalue weighted by Crippen LogP contribution is -2.65.